The number of nitrogens with one attached hydrogen (secondary N) is 1. The molecule has 0 saturated carbocycles. The molecule has 88 valence electrons. The van der Waals surface area contributed by atoms with Crippen molar-refractivity contribution in [1.82, 2.24) is 5.32 Å². The highest BCUT2D eigenvalue weighted by molar-refractivity contribution is 5.75. The summed E-state index contributed by atoms with van der Waals surface area (Å²) in [5, 5.41) is 2.67. The smallest absolute Gasteiger partial charge is 0.222 e. The fourth-order valence-corrected chi connectivity index (χ4v) is 1.21. The van der Waals surface area contributed by atoms with Gasteiger partial charge in [-0.05, 0) is 18.6 Å². The van der Waals surface area contributed by atoms with E-state index in [4.69, 9.17) is 9.47 Å². The first-order chi connectivity index (χ1) is 7.76. The van der Waals surface area contributed by atoms with Gasteiger partial charge in [-0.25, -0.2) is 0 Å². The van der Waals surface area contributed by atoms with Gasteiger partial charge >= 0.3 is 0 Å². The van der Waals surface area contributed by atoms with Gasteiger partial charge in [-0.2, -0.15) is 0 Å². The van der Waals surface area contributed by atoms with E-state index in [1.807, 2.05) is 25.1 Å². The molecule has 0 heterocycles. The van der Waals surface area contributed by atoms with Crippen LogP contribution in [0.4, 0.5) is 0 Å². The summed E-state index contributed by atoms with van der Waals surface area (Å²) in [6.07, 6.45) is 1.37. The van der Waals surface area contributed by atoms with E-state index in [0.717, 1.165) is 12.2 Å². The normalized spacial score (nSPS) is 9.62. The molecule has 0 radical (unpaired) electrons. The molecule has 0 fully saturated rings. The van der Waals surface area contributed by atoms with Gasteiger partial charge in [0, 0.05) is 12.5 Å². The minimum Gasteiger partial charge on any atom is -0.497 e. The standard InChI is InChI=1S/C12H17NO3/c1-3-5-12(14)13-9-16-11-7-4-6-10(8-11)15-2/h4,6-8H,3,5,9H2,1-2H3,(H,13,14). The van der Waals surface area contributed by atoms with Crippen LogP contribution in [0.3, 0.4) is 0 Å². The Labute approximate surface area is 95.6 Å². The molecule has 4 heteroatoms. The Bertz CT molecular complexity index is 339. The first-order valence-electron chi connectivity index (χ1n) is 5.29. The molecule has 0 aromatic heterocycles. The summed E-state index contributed by atoms with van der Waals surface area (Å²) in [6.45, 7) is 2.15. The lowest BCUT2D eigenvalue weighted by Crippen LogP contribution is -2.27. The Hall–Kier alpha value is -1.71. The van der Waals surface area contributed by atoms with Gasteiger partial charge in [0.2, 0.25) is 5.91 Å². The number of amides is 1. The van der Waals surface area contributed by atoms with Gasteiger partial charge in [0.25, 0.3) is 0 Å². The molecular weight excluding hydrogens is 206 g/mol. The lowest BCUT2D eigenvalue weighted by Gasteiger charge is -2.08. The van der Waals surface area contributed by atoms with Gasteiger partial charge in [-0.3, -0.25) is 4.79 Å². The van der Waals surface area contributed by atoms with Crippen LogP contribution in [0.15, 0.2) is 24.3 Å². The summed E-state index contributed by atoms with van der Waals surface area (Å²) in [4.78, 5) is 11.1. The van der Waals surface area contributed by atoms with Crippen molar-refractivity contribution in [2.75, 3.05) is 13.8 Å². The number of ether oxygens (including phenoxy) is 2. The quantitative estimate of drug-likeness (QED) is 0.750. The van der Waals surface area contributed by atoms with Crippen LogP contribution in [0.1, 0.15) is 19.8 Å². The van der Waals surface area contributed by atoms with Crippen LogP contribution in [0.25, 0.3) is 0 Å². The fraction of sp³-hybridized carbons (Fsp3) is 0.417. The molecule has 0 saturated heterocycles. The van der Waals surface area contributed by atoms with E-state index in [-0.39, 0.29) is 12.6 Å². The van der Waals surface area contributed by atoms with E-state index in [1.165, 1.54) is 0 Å². The van der Waals surface area contributed by atoms with Crippen LogP contribution in [0.5, 0.6) is 11.5 Å². The molecule has 16 heavy (non-hydrogen) atoms. The zero-order valence-electron chi connectivity index (χ0n) is 9.66. The maximum absolute atomic E-state index is 11.1. The van der Waals surface area contributed by atoms with E-state index >= 15 is 0 Å². The highest BCUT2D eigenvalue weighted by Crippen LogP contribution is 2.18. The summed E-state index contributed by atoms with van der Waals surface area (Å²) in [6, 6.07) is 7.25. The predicted octanol–water partition coefficient (Wildman–Crippen LogP) is 1.95. The predicted molar refractivity (Wildman–Crippen MR) is 61.5 cm³/mol. The first kappa shape index (κ1) is 12.4. The number of carbonyl (C=O) groups is 1. The second-order valence-corrected chi connectivity index (χ2v) is 3.32. The van der Waals surface area contributed by atoms with Crippen LogP contribution >= 0.6 is 0 Å². The highest BCUT2D eigenvalue weighted by atomic mass is 16.5. The largest absolute Gasteiger partial charge is 0.497 e. The topological polar surface area (TPSA) is 47.6 Å². The molecule has 1 aromatic carbocycles. The van der Waals surface area contributed by atoms with Crippen molar-refractivity contribution in [3.05, 3.63) is 24.3 Å². The third kappa shape index (κ3) is 4.21. The SMILES string of the molecule is CCCC(=O)NCOc1cccc(OC)c1. The van der Waals surface area contributed by atoms with Crippen molar-refractivity contribution in [3.63, 3.8) is 0 Å². The molecule has 0 atom stereocenters. The first-order valence-corrected chi connectivity index (χ1v) is 5.29. The molecule has 1 rings (SSSR count). The molecule has 4 nitrogen and oxygen atoms in total. The molecule has 1 aromatic rings. The molecular formula is C12H17NO3. The number of hydrogen-bond acceptors (Lipinski definition) is 3. The molecule has 1 N–H and O–H groups in total. The molecule has 0 bridgehead atoms. The van der Waals surface area contributed by atoms with Gasteiger partial charge in [0.05, 0.1) is 7.11 Å². The Balaban J connectivity index is 2.34. The Morgan fingerprint density at radius 3 is 2.81 bits per heavy atom. The van der Waals surface area contributed by atoms with Gasteiger partial charge in [0.15, 0.2) is 6.73 Å². The average Bonchev–Trinajstić information content (AvgIpc) is 2.30. The van der Waals surface area contributed by atoms with Crippen molar-refractivity contribution in [1.29, 1.82) is 0 Å². The number of benzene rings is 1. The maximum Gasteiger partial charge on any atom is 0.222 e. The van der Waals surface area contributed by atoms with Crippen molar-refractivity contribution >= 4 is 5.91 Å². The van der Waals surface area contributed by atoms with E-state index in [2.05, 4.69) is 5.32 Å². The van der Waals surface area contributed by atoms with E-state index in [0.29, 0.717) is 12.2 Å². The zero-order valence-corrected chi connectivity index (χ0v) is 9.66. The van der Waals surface area contributed by atoms with E-state index in [1.54, 1.807) is 13.2 Å². The summed E-state index contributed by atoms with van der Waals surface area (Å²) in [5.74, 6) is 1.42. The second kappa shape index (κ2) is 6.71. The minimum atomic E-state index is 0.00500. The van der Waals surface area contributed by atoms with Crippen LogP contribution in [-0.2, 0) is 4.79 Å². The third-order valence-electron chi connectivity index (χ3n) is 2.03. The summed E-state index contributed by atoms with van der Waals surface area (Å²) in [5.41, 5.74) is 0. The van der Waals surface area contributed by atoms with Crippen molar-refractivity contribution in [2.45, 2.75) is 19.8 Å². The fourth-order valence-electron chi connectivity index (χ4n) is 1.21. The summed E-state index contributed by atoms with van der Waals surface area (Å²) < 4.78 is 10.4. The Morgan fingerprint density at radius 2 is 2.12 bits per heavy atom. The van der Waals surface area contributed by atoms with Crippen LogP contribution in [0, 0.1) is 0 Å². The average molecular weight is 223 g/mol. The van der Waals surface area contributed by atoms with Crippen molar-refractivity contribution in [3.8, 4) is 11.5 Å². The number of methoxy groups -OCH3 is 1. The van der Waals surface area contributed by atoms with E-state index in [9.17, 15) is 4.79 Å². The van der Waals surface area contributed by atoms with Crippen LogP contribution in [0.2, 0.25) is 0 Å². The summed E-state index contributed by atoms with van der Waals surface area (Å²) >= 11 is 0. The number of carbonyl (C=O) groups excluding carboxylic acids is 1. The van der Waals surface area contributed by atoms with Crippen LogP contribution < -0.4 is 14.8 Å². The Kier molecular flexibility index (Phi) is 5.19. The van der Waals surface area contributed by atoms with Gasteiger partial charge in [0.1, 0.15) is 11.5 Å². The molecule has 0 unspecified atom stereocenters. The minimum absolute atomic E-state index is 0.00500. The summed E-state index contributed by atoms with van der Waals surface area (Å²) in [7, 11) is 1.60. The maximum atomic E-state index is 11.1. The molecule has 0 spiro atoms. The highest BCUT2D eigenvalue weighted by Gasteiger charge is 1.99. The monoisotopic (exact) mass is 223 g/mol. The molecule has 0 aliphatic carbocycles. The second-order valence-electron chi connectivity index (χ2n) is 3.32. The number of hydrogen-bond donors (Lipinski definition) is 1. The van der Waals surface area contributed by atoms with Gasteiger partial charge < -0.3 is 14.8 Å². The molecule has 0 aliphatic heterocycles. The van der Waals surface area contributed by atoms with Gasteiger partial charge in [-0.1, -0.05) is 13.0 Å². The third-order valence-corrected chi connectivity index (χ3v) is 2.03. The molecule has 0 aliphatic rings. The lowest BCUT2D eigenvalue weighted by molar-refractivity contribution is -0.122. The van der Waals surface area contributed by atoms with Gasteiger partial charge in [-0.15, -0.1) is 0 Å². The number of rotatable bonds is 6. The Morgan fingerprint density at radius 1 is 1.38 bits per heavy atom. The zero-order chi connectivity index (χ0) is 11.8. The lowest BCUT2D eigenvalue weighted by atomic mass is 10.3. The van der Waals surface area contributed by atoms with E-state index < -0.39 is 0 Å². The molecule has 1 amide bonds. The van der Waals surface area contributed by atoms with Crippen LogP contribution in [-0.4, -0.2) is 19.7 Å². The van der Waals surface area contributed by atoms with Crippen molar-refractivity contribution < 1.29 is 14.3 Å². The van der Waals surface area contributed by atoms with Crippen molar-refractivity contribution in [2.24, 2.45) is 0 Å².